The Morgan fingerprint density at radius 2 is 2.17 bits per heavy atom. The van der Waals surface area contributed by atoms with Gasteiger partial charge in [-0.3, -0.25) is 24.8 Å². The molecule has 3 N–H and O–H groups in total. The molecule has 0 spiro atoms. The standard InChI is InChI=1S/C11H13N7O5/c1-23-8(22)3-2-6(19)14-10-15-9(16-17-10)11(4-7(20)21)12-5-13-18-11/h5H,2-4H2,1H3,(H,20,21)(H2,14,15,16,17,19). The van der Waals surface area contributed by atoms with Crippen molar-refractivity contribution in [2.75, 3.05) is 12.4 Å². The molecule has 12 heteroatoms. The highest BCUT2D eigenvalue weighted by molar-refractivity contribution is 5.91. The SMILES string of the molecule is COC(=O)CCC(=O)Nc1n[nH]c(C2(CC(=O)O)N=CN=N2)n1. The van der Waals surface area contributed by atoms with Gasteiger partial charge in [-0.1, -0.05) is 0 Å². The van der Waals surface area contributed by atoms with E-state index in [1.54, 1.807) is 0 Å². The van der Waals surface area contributed by atoms with Gasteiger partial charge in [0.2, 0.25) is 17.5 Å². The van der Waals surface area contributed by atoms with E-state index in [4.69, 9.17) is 5.11 Å². The van der Waals surface area contributed by atoms with Gasteiger partial charge in [-0.25, -0.2) is 4.99 Å². The number of rotatable bonds is 7. The summed E-state index contributed by atoms with van der Waals surface area (Å²) in [5, 5.41) is 24.8. The number of carboxylic acids is 1. The molecule has 0 aliphatic carbocycles. The monoisotopic (exact) mass is 323 g/mol. The highest BCUT2D eigenvalue weighted by Crippen LogP contribution is 2.32. The number of anilines is 1. The maximum Gasteiger partial charge on any atom is 0.308 e. The van der Waals surface area contributed by atoms with Gasteiger partial charge >= 0.3 is 11.9 Å². The van der Waals surface area contributed by atoms with E-state index in [1.807, 2.05) is 0 Å². The number of esters is 1. The first-order valence-electron chi connectivity index (χ1n) is 6.42. The normalized spacial score (nSPS) is 18.8. The zero-order chi connectivity index (χ0) is 16.9. The lowest BCUT2D eigenvalue weighted by atomic mass is 10.1. The minimum atomic E-state index is -1.52. The number of carbonyl (C=O) groups is 3. The van der Waals surface area contributed by atoms with Crippen molar-refractivity contribution in [3.05, 3.63) is 5.82 Å². The first-order valence-corrected chi connectivity index (χ1v) is 6.42. The summed E-state index contributed by atoms with van der Waals surface area (Å²) in [6, 6.07) is 0. The molecule has 1 aromatic rings. The second-order valence-electron chi connectivity index (χ2n) is 4.48. The molecule has 122 valence electrons. The zero-order valence-corrected chi connectivity index (χ0v) is 12.0. The Kier molecular flexibility index (Phi) is 4.73. The molecule has 0 bridgehead atoms. The second kappa shape index (κ2) is 6.72. The molecule has 1 atom stereocenters. The largest absolute Gasteiger partial charge is 0.481 e. The third-order valence-electron chi connectivity index (χ3n) is 2.84. The van der Waals surface area contributed by atoms with Gasteiger partial charge in [-0.2, -0.15) is 4.98 Å². The number of nitrogens with one attached hydrogen (secondary N) is 2. The molecule has 1 aromatic heterocycles. The minimum Gasteiger partial charge on any atom is -0.481 e. The van der Waals surface area contributed by atoms with Crippen molar-refractivity contribution in [1.29, 1.82) is 0 Å². The van der Waals surface area contributed by atoms with Gasteiger partial charge in [-0.15, -0.1) is 15.3 Å². The summed E-state index contributed by atoms with van der Waals surface area (Å²) in [7, 11) is 1.22. The molecular weight excluding hydrogens is 310 g/mol. The average molecular weight is 323 g/mol. The van der Waals surface area contributed by atoms with Crippen LogP contribution in [-0.2, 0) is 24.8 Å². The van der Waals surface area contributed by atoms with Gasteiger partial charge in [0, 0.05) is 6.42 Å². The zero-order valence-electron chi connectivity index (χ0n) is 12.0. The van der Waals surface area contributed by atoms with Crippen molar-refractivity contribution in [2.45, 2.75) is 24.9 Å². The van der Waals surface area contributed by atoms with E-state index in [0.29, 0.717) is 0 Å². The van der Waals surface area contributed by atoms with Crippen LogP contribution >= 0.6 is 0 Å². The Hall–Kier alpha value is -3.18. The Bertz CT molecular complexity index is 668. The number of aromatic amines is 1. The molecule has 2 rings (SSSR count). The Morgan fingerprint density at radius 1 is 1.39 bits per heavy atom. The van der Waals surface area contributed by atoms with Crippen molar-refractivity contribution >= 4 is 30.1 Å². The predicted molar refractivity (Wildman–Crippen MR) is 73.5 cm³/mol. The number of aromatic nitrogens is 3. The van der Waals surface area contributed by atoms with Crippen LogP contribution in [0.1, 0.15) is 25.1 Å². The molecule has 1 amide bonds. The molecule has 1 aliphatic heterocycles. The third kappa shape index (κ3) is 3.93. The smallest absolute Gasteiger partial charge is 0.308 e. The fourth-order valence-electron chi connectivity index (χ4n) is 1.75. The number of aliphatic imine (C=N–C) groups is 1. The van der Waals surface area contributed by atoms with Crippen LogP contribution in [0, 0.1) is 0 Å². The number of carboxylic acid groups (broad SMARTS) is 1. The maximum atomic E-state index is 11.6. The van der Waals surface area contributed by atoms with Gasteiger partial charge in [-0.05, 0) is 0 Å². The lowest BCUT2D eigenvalue weighted by Crippen LogP contribution is -2.25. The number of methoxy groups -OCH3 is 1. The second-order valence-corrected chi connectivity index (χ2v) is 4.48. The van der Waals surface area contributed by atoms with Crippen LogP contribution in [0.15, 0.2) is 15.2 Å². The number of aliphatic carboxylic acids is 1. The first-order chi connectivity index (χ1) is 10.9. The Labute approximate surface area is 129 Å². The summed E-state index contributed by atoms with van der Waals surface area (Å²) in [6.07, 6.45) is 0.452. The number of azo groups is 1. The molecule has 1 aliphatic rings. The molecule has 0 fully saturated rings. The Balaban J connectivity index is 2.04. The fraction of sp³-hybridized carbons (Fsp3) is 0.455. The van der Waals surface area contributed by atoms with Crippen LogP contribution in [0.3, 0.4) is 0 Å². The molecule has 0 saturated carbocycles. The molecule has 0 aromatic carbocycles. The number of ether oxygens (including phenoxy) is 1. The molecule has 23 heavy (non-hydrogen) atoms. The summed E-state index contributed by atoms with van der Waals surface area (Å²) < 4.78 is 4.42. The summed E-state index contributed by atoms with van der Waals surface area (Å²) in [5.74, 6) is -2.22. The number of H-pyrrole nitrogens is 1. The van der Waals surface area contributed by atoms with Crippen molar-refractivity contribution in [3.8, 4) is 0 Å². The minimum absolute atomic E-state index is 0.0284. The molecular formula is C11H13N7O5. The summed E-state index contributed by atoms with van der Waals surface area (Å²) in [4.78, 5) is 41.4. The number of hydrogen-bond acceptors (Lipinski definition) is 9. The van der Waals surface area contributed by atoms with E-state index in [-0.39, 0.29) is 24.6 Å². The van der Waals surface area contributed by atoms with E-state index in [1.165, 1.54) is 7.11 Å². The summed E-state index contributed by atoms with van der Waals surface area (Å²) in [6.45, 7) is 0. The Morgan fingerprint density at radius 3 is 2.78 bits per heavy atom. The van der Waals surface area contributed by atoms with Crippen LogP contribution in [0.25, 0.3) is 0 Å². The van der Waals surface area contributed by atoms with Crippen LogP contribution in [0.5, 0.6) is 0 Å². The van der Waals surface area contributed by atoms with Gasteiger partial charge in [0.25, 0.3) is 0 Å². The number of carbonyl (C=O) groups excluding carboxylic acids is 2. The van der Waals surface area contributed by atoms with Crippen molar-refractivity contribution in [2.24, 2.45) is 15.2 Å². The van der Waals surface area contributed by atoms with E-state index in [0.717, 1.165) is 6.34 Å². The van der Waals surface area contributed by atoms with Crippen molar-refractivity contribution in [3.63, 3.8) is 0 Å². The van der Waals surface area contributed by atoms with E-state index < -0.39 is 29.9 Å². The van der Waals surface area contributed by atoms with E-state index in [2.05, 4.69) is 40.5 Å². The van der Waals surface area contributed by atoms with Crippen LogP contribution in [0.4, 0.5) is 5.95 Å². The van der Waals surface area contributed by atoms with Crippen LogP contribution in [-0.4, -0.2) is 51.6 Å². The van der Waals surface area contributed by atoms with Crippen LogP contribution in [0.2, 0.25) is 0 Å². The van der Waals surface area contributed by atoms with Gasteiger partial charge in [0.15, 0.2) is 5.82 Å². The highest BCUT2D eigenvalue weighted by Gasteiger charge is 2.40. The first kappa shape index (κ1) is 16.2. The topological polar surface area (TPSA) is 171 Å². The summed E-state index contributed by atoms with van der Waals surface area (Å²) in [5.41, 5.74) is -1.52. The van der Waals surface area contributed by atoms with Gasteiger partial charge in [0.1, 0.15) is 12.8 Å². The lowest BCUT2D eigenvalue weighted by molar-refractivity contribution is -0.141. The molecule has 12 nitrogen and oxygen atoms in total. The fourth-order valence-corrected chi connectivity index (χ4v) is 1.75. The maximum absolute atomic E-state index is 11.6. The quantitative estimate of drug-likeness (QED) is 0.583. The van der Waals surface area contributed by atoms with Crippen molar-refractivity contribution < 1.29 is 24.2 Å². The number of nitrogens with zero attached hydrogens (tertiary/aromatic N) is 5. The summed E-state index contributed by atoms with van der Waals surface area (Å²) >= 11 is 0. The molecule has 2 heterocycles. The van der Waals surface area contributed by atoms with Crippen LogP contribution < -0.4 is 5.32 Å². The third-order valence-corrected chi connectivity index (χ3v) is 2.84. The highest BCUT2D eigenvalue weighted by atomic mass is 16.5. The molecule has 1 unspecified atom stereocenters. The average Bonchev–Trinajstić information content (AvgIpc) is 3.14. The van der Waals surface area contributed by atoms with Crippen molar-refractivity contribution in [1.82, 2.24) is 15.2 Å². The number of hydrogen-bond donors (Lipinski definition) is 3. The molecule has 0 saturated heterocycles. The van der Waals surface area contributed by atoms with E-state index >= 15 is 0 Å². The van der Waals surface area contributed by atoms with Gasteiger partial charge < -0.3 is 9.84 Å². The van der Waals surface area contributed by atoms with Gasteiger partial charge in [0.05, 0.1) is 13.5 Å². The lowest BCUT2D eigenvalue weighted by Gasteiger charge is -2.15. The van der Waals surface area contributed by atoms with E-state index in [9.17, 15) is 14.4 Å². The predicted octanol–water partition coefficient (Wildman–Crippen LogP) is -0.182. The molecule has 0 radical (unpaired) electrons. The number of amides is 1.